The van der Waals surface area contributed by atoms with Gasteiger partial charge in [-0.25, -0.2) is 4.98 Å². The summed E-state index contributed by atoms with van der Waals surface area (Å²) >= 11 is 0. The van der Waals surface area contributed by atoms with Crippen LogP contribution in [0, 0.1) is 11.3 Å². The predicted molar refractivity (Wildman–Crippen MR) is 68.8 cm³/mol. The fourth-order valence-corrected chi connectivity index (χ4v) is 1.84. The molecule has 3 heterocycles. The van der Waals surface area contributed by atoms with Gasteiger partial charge in [-0.3, -0.25) is 0 Å². The second-order valence-electron chi connectivity index (χ2n) is 3.88. The van der Waals surface area contributed by atoms with Crippen molar-refractivity contribution in [1.82, 2.24) is 4.98 Å². The van der Waals surface area contributed by atoms with Gasteiger partial charge in [-0.2, -0.15) is 5.26 Å². The summed E-state index contributed by atoms with van der Waals surface area (Å²) < 4.78 is 10.7. The molecule has 0 unspecified atom stereocenters. The molecule has 0 spiro atoms. The first kappa shape index (κ1) is 11.1. The van der Waals surface area contributed by atoms with Gasteiger partial charge in [-0.15, -0.1) is 0 Å². The molecular formula is C14H9N3O2. The first-order chi connectivity index (χ1) is 9.29. The number of hydrogen-bond donors (Lipinski definition) is 1. The Morgan fingerprint density at radius 1 is 1.11 bits per heavy atom. The largest absolute Gasteiger partial charge is 0.464 e. The van der Waals surface area contributed by atoms with E-state index in [2.05, 4.69) is 4.98 Å². The molecule has 0 amide bonds. The van der Waals surface area contributed by atoms with E-state index in [0.717, 1.165) is 0 Å². The molecule has 0 radical (unpaired) electrons. The van der Waals surface area contributed by atoms with Crippen molar-refractivity contribution in [2.45, 2.75) is 0 Å². The van der Waals surface area contributed by atoms with Crippen molar-refractivity contribution < 1.29 is 8.83 Å². The van der Waals surface area contributed by atoms with Crippen molar-refractivity contribution in [1.29, 1.82) is 5.26 Å². The normalized spacial score (nSPS) is 10.3. The van der Waals surface area contributed by atoms with E-state index >= 15 is 0 Å². The summed E-state index contributed by atoms with van der Waals surface area (Å²) in [4.78, 5) is 4.24. The van der Waals surface area contributed by atoms with Crippen LogP contribution in [-0.2, 0) is 0 Å². The Balaban J connectivity index is 2.29. The maximum atomic E-state index is 9.04. The van der Waals surface area contributed by atoms with Crippen molar-refractivity contribution >= 4 is 5.82 Å². The number of rotatable bonds is 2. The van der Waals surface area contributed by atoms with Crippen LogP contribution in [0.1, 0.15) is 5.56 Å². The zero-order valence-electron chi connectivity index (χ0n) is 9.83. The topological polar surface area (TPSA) is 89.0 Å². The second kappa shape index (κ2) is 4.35. The molecule has 0 atom stereocenters. The summed E-state index contributed by atoms with van der Waals surface area (Å²) in [6.07, 6.45) is 3.11. The molecule has 3 aromatic heterocycles. The smallest absolute Gasteiger partial charge is 0.153 e. The lowest BCUT2D eigenvalue weighted by molar-refractivity contribution is 0.574. The number of aromatic nitrogens is 1. The van der Waals surface area contributed by atoms with Crippen LogP contribution >= 0.6 is 0 Å². The molecule has 0 aliphatic rings. The summed E-state index contributed by atoms with van der Waals surface area (Å²) in [5.41, 5.74) is 7.29. The van der Waals surface area contributed by atoms with E-state index in [1.54, 1.807) is 42.9 Å². The molecule has 0 aliphatic heterocycles. The van der Waals surface area contributed by atoms with Crippen LogP contribution in [0.5, 0.6) is 0 Å². The number of pyridine rings is 1. The molecule has 5 nitrogen and oxygen atoms in total. The van der Waals surface area contributed by atoms with Gasteiger partial charge >= 0.3 is 0 Å². The van der Waals surface area contributed by atoms with Crippen molar-refractivity contribution in [3.8, 4) is 28.8 Å². The highest BCUT2D eigenvalue weighted by atomic mass is 16.3. The summed E-state index contributed by atoms with van der Waals surface area (Å²) in [5, 5.41) is 9.04. The van der Waals surface area contributed by atoms with Crippen molar-refractivity contribution in [2.75, 3.05) is 5.73 Å². The van der Waals surface area contributed by atoms with Crippen LogP contribution in [0.2, 0.25) is 0 Å². The maximum absolute atomic E-state index is 9.04. The first-order valence-electron chi connectivity index (χ1n) is 5.58. The molecular weight excluding hydrogens is 242 g/mol. The lowest BCUT2D eigenvalue weighted by Crippen LogP contribution is -1.98. The highest BCUT2D eigenvalue weighted by Crippen LogP contribution is 2.33. The van der Waals surface area contributed by atoms with Crippen LogP contribution in [0.4, 0.5) is 5.82 Å². The number of hydrogen-bond acceptors (Lipinski definition) is 5. The van der Waals surface area contributed by atoms with Gasteiger partial charge in [0.05, 0.1) is 18.1 Å². The van der Waals surface area contributed by atoms with Gasteiger partial charge in [-0.05, 0) is 30.3 Å². The third-order valence-corrected chi connectivity index (χ3v) is 2.71. The number of nitrogens with two attached hydrogens (primary N) is 1. The molecule has 0 aromatic carbocycles. The molecule has 0 saturated carbocycles. The SMILES string of the molecule is N#Cc1cc(-c2ccco2)c(-c2ccco2)nc1N. The summed E-state index contributed by atoms with van der Waals surface area (Å²) in [6, 6.07) is 10.8. The molecule has 3 rings (SSSR count). The Morgan fingerprint density at radius 2 is 1.79 bits per heavy atom. The van der Waals surface area contributed by atoms with E-state index in [4.69, 9.17) is 19.8 Å². The highest BCUT2D eigenvalue weighted by Gasteiger charge is 2.16. The summed E-state index contributed by atoms with van der Waals surface area (Å²) in [5.74, 6) is 1.35. The van der Waals surface area contributed by atoms with E-state index in [-0.39, 0.29) is 5.82 Å². The van der Waals surface area contributed by atoms with Gasteiger partial charge in [0.15, 0.2) is 5.76 Å². The van der Waals surface area contributed by atoms with Crippen LogP contribution in [0.25, 0.3) is 22.8 Å². The number of anilines is 1. The van der Waals surface area contributed by atoms with Crippen LogP contribution in [0.15, 0.2) is 51.7 Å². The summed E-state index contributed by atoms with van der Waals surface area (Å²) in [6.45, 7) is 0. The average Bonchev–Trinajstić information content (AvgIpc) is 3.11. The molecule has 3 aromatic rings. The van der Waals surface area contributed by atoms with Gasteiger partial charge in [0.1, 0.15) is 23.3 Å². The quantitative estimate of drug-likeness (QED) is 0.756. The Bertz CT molecular complexity index is 738. The Labute approximate surface area is 108 Å². The van der Waals surface area contributed by atoms with Crippen LogP contribution < -0.4 is 5.73 Å². The fourth-order valence-electron chi connectivity index (χ4n) is 1.84. The number of furan rings is 2. The third-order valence-electron chi connectivity index (χ3n) is 2.71. The van der Waals surface area contributed by atoms with Gasteiger partial charge in [0.25, 0.3) is 0 Å². The highest BCUT2D eigenvalue weighted by molar-refractivity contribution is 5.79. The van der Waals surface area contributed by atoms with Crippen molar-refractivity contribution in [2.24, 2.45) is 0 Å². The number of nitrogens with zero attached hydrogens (tertiary/aromatic N) is 2. The van der Waals surface area contributed by atoms with Gasteiger partial charge in [-0.1, -0.05) is 0 Å². The average molecular weight is 251 g/mol. The number of nitrogen functional groups attached to an aromatic ring is 1. The van der Waals surface area contributed by atoms with Crippen molar-refractivity contribution in [3.63, 3.8) is 0 Å². The molecule has 5 heteroatoms. The summed E-state index contributed by atoms with van der Waals surface area (Å²) in [7, 11) is 0. The number of nitriles is 1. The minimum absolute atomic E-state index is 0.171. The molecule has 92 valence electrons. The van der Waals surface area contributed by atoms with E-state index < -0.39 is 0 Å². The van der Waals surface area contributed by atoms with Gasteiger partial charge in [0, 0.05) is 5.56 Å². The Kier molecular flexibility index (Phi) is 2.54. The molecule has 0 fully saturated rings. The van der Waals surface area contributed by atoms with Crippen LogP contribution in [0.3, 0.4) is 0 Å². The first-order valence-corrected chi connectivity index (χ1v) is 5.58. The third kappa shape index (κ3) is 1.85. The van der Waals surface area contributed by atoms with E-state index in [1.165, 1.54) is 0 Å². The zero-order valence-corrected chi connectivity index (χ0v) is 9.83. The van der Waals surface area contributed by atoms with Gasteiger partial charge < -0.3 is 14.6 Å². The van der Waals surface area contributed by atoms with E-state index in [0.29, 0.717) is 28.3 Å². The minimum atomic E-state index is 0.171. The lowest BCUT2D eigenvalue weighted by atomic mass is 10.1. The van der Waals surface area contributed by atoms with E-state index in [9.17, 15) is 0 Å². The monoisotopic (exact) mass is 251 g/mol. The zero-order chi connectivity index (χ0) is 13.2. The van der Waals surface area contributed by atoms with E-state index in [1.807, 2.05) is 6.07 Å². The Morgan fingerprint density at radius 3 is 2.37 bits per heavy atom. The van der Waals surface area contributed by atoms with Crippen molar-refractivity contribution in [3.05, 3.63) is 48.4 Å². The fraction of sp³-hybridized carbons (Fsp3) is 0. The molecule has 2 N–H and O–H groups in total. The molecule has 0 aliphatic carbocycles. The van der Waals surface area contributed by atoms with Crippen LogP contribution in [-0.4, -0.2) is 4.98 Å². The predicted octanol–water partition coefficient (Wildman–Crippen LogP) is 3.06. The molecule has 0 saturated heterocycles. The molecule has 0 bridgehead atoms. The Hall–Kier alpha value is -3.00. The second-order valence-corrected chi connectivity index (χ2v) is 3.88. The maximum Gasteiger partial charge on any atom is 0.153 e. The lowest BCUT2D eigenvalue weighted by Gasteiger charge is -2.06. The minimum Gasteiger partial charge on any atom is -0.464 e. The molecule has 19 heavy (non-hydrogen) atoms. The standard InChI is InChI=1S/C14H9N3O2/c15-8-9-7-10(11-3-1-5-18-11)13(17-14(9)16)12-4-2-6-19-12/h1-7H,(H2,16,17). The van der Waals surface area contributed by atoms with Gasteiger partial charge in [0.2, 0.25) is 0 Å².